The monoisotopic (exact) mass is 303 g/mol. The van der Waals surface area contributed by atoms with Gasteiger partial charge in [-0.3, -0.25) is 14.8 Å². The van der Waals surface area contributed by atoms with Crippen LogP contribution in [-0.2, 0) is 6.54 Å². The Labute approximate surface area is 133 Å². The molecule has 0 N–H and O–H groups in total. The number of allylic oxidation sites excluding steroid dienone is 1. The van der Waals surface area contributed by atoms with Crippen molar-refractivity contribution in [2.24, 2.45) is 4.99 Å². The summed E-state index contributed by atoms with van der Waals surface area (Å²) in [4.78, 5) is 8.50. The van der Waals surface area contributed by atoms with Crippen molar-refractivity contribution in [1.29, 1.82) is 0 Å². The summed E-state index contributed by atoms with van der Waals surface area (Å²) >= 11 is 0. The molecule has 2 unspecified atom stereocenters. The SMILES string of the molecule is C=N/C=C(\C)c1ccc(CN2CC(C)N(C)C(C)C2)cc1F. The molecule has 0 spiro atoms. The summed E-state index contributed by atoms with van der Waals surface area (Å²) in [5, 5.41) is 0. The normalized spacial score (nSPS) is 24.5. The number of halogens is 1. The van der Waals surface area contributed by atoms with Crippen molar-refractivity contribution < 1.29 is 4.39 Å². The lowest BCUT2D eigenvalue weighted by molar-refractivity contribution is 0.0556. The van der Waals surface area contributed by atoms with E-state index in [9.17, 15) is 4.39 Å². The quantitative estimate of drug-likeness (QED) is 0.794. The highest BCUT2D eigenvalue weighted by atomic mass is 19.1. The van der Waals surface area contributed by atoms with Crippen LogP contribution in [0, 0.1) is 5.82 Å². The average Bonchev–Trinajstić information content (AvgIpc) is 2.45. The fourth-order valence-corrected chi connectivity index (χ4v) is 3.08. The summed E-state index contributed by atoms with van der Waals surface area (Å²) in [5.74, 6) is -0.190. The van der Waals surface area contributed by atoms with Crippen LogP contribution in [0.5, 0.6) is 0 Å². The number of benzene rings is 1. The van der Waals surface area contributed by atoms with Gasteiger partial charge in [-0.25, -0.2) is 4.39 Å². The second-order valence-corrected chi connectivity index (χ2v) is 6.37. The molecule has 0 aliphatic carbocycles. The molecule has 0 amide bonds. The maximum absolute atomic E-state index is 14.3. The van der Waals surface area contributed by atoms with Gasteiger partial charge in [-0.15, -0.1) is 0 Å². The van der Waals surface area contributed by atoms with E-state index in [-0.39, 0.29) is 5.82 Å². The second-order valence-electron chi connectivity index (χ2n) is 6.37. The molecule has 0 radical (unpaired) electrons. The third-order valence-electron chi connectivity index (χ3n) is 4.58. The van der Waals surface area contributed by atoms with Gasteiger partial charge in [0, 0.05) is 43.5 Å². The molecule has 0 saturated carbocycles. The summed E-state index contributed by atoms with van der Waals surface area (Å²) in [6.07, 6.45) is 1.59. The fraction of sp³-hybridized carbons (Fsp3) is 0.500. The Morgan fingerprint density at radius 2 is 2.00 bits per heavy atom. The van der Waals surface area contributed by atoms with E-state index in [4.69, 9.17) is 0 Å². The molecule has 0 aromatic heterocycles. The Morgan fingerprint density at radius 1 is 1.36 bits per heavy atom. The minimum Gasteiger partial charge on any atom is -0.298 e. The van der Waals surface area contributed by atoms with Gasteiger partial charge < -0.3 is 0 Å². The highest BCUT2D eigenvalue weighted by Gasteiger charge is 2.26. The van der Waals surface area contributed by atoms with Crippen molar-refractivity contribution in [3.8, 4) is 0 Å². The molecule has 1 aromatic rings. The van der Waals surface area contributed by atoms with Crippen LogP contribution in [0.3, 0.4) is 0 Å². The summed E-state index contributed by atoms with van der Waals surface area (Å²) in [6, 6.07) is 6.54. The highest BCUT2D eigenvalue weighted by Crippen LogP contribution is 2.21. The predicted molar refractivity (Wildman–Crippen MR) is 91.6 cm³/mol. The Kier molecular flexibility index (Phi) is 5.48. The number of hydrogen-bond acceptors (Lipinski definition) is 3. The minimum atomic E-state index is -0.190. The molecule has 1 aliphatic heterocycles. The van der Waals surface area contributed by atoms with Gasteiger partial charge in [0.2, 0.25) is 0 Å². The number of piperazine rings is 1. The van der Waals surface area contributed by atoms with Gasteiger partial charge in [-0.05, 0) is 51.7 Å². The lowest BCUT2D eigenvalue weighted by Crippen LogP contribution is -2.54. The lowest BCUT2D eigenvalue weighted by Gasteiger charge is -2.42. The van der Waals surface area contributed by atoms with Crippen LogP contribution in [0.25, 0.3) is 5.57 Å². The molecule has 1 fully saturated rings. The third kappa shape index (κ3) is 3.81. The first kappa shape index (κ1) is 16.8. The summed E-state index contributed by atoms with van der Waals surface area (Å²) < 4.78 is 14.3. The van der Waals surface area contributed by atoms with Crippen LogP contribution in [-0.4, -0.2) is 48.7 Å². The van der Waals surface area contributed by atoms with Crippen LogP contribution >= 0.6 is 0 Å². The average molecular weight is 303 g/mol. The first-order chi connectivity index (χ1) is 10.4. The van der Waals surface area contributed by atoms with Gasteiger partial charge in [0.15, 0.2) is 0 Å². The van der Waals surface area contributed by atoms with Crippen molar-refractivity contribution in [1.82, 2.24) is 9.80 Å². The van der Waals surface area contributed by atoms with Crippen LogP contribution < -0.4 is 0 Å². The van der Waals surface area contributed by atoms with Crippen LogP contribution in [0.1, 0.15) is 31.9 Å². The van der Waals surface area contributed by atoms with Gasteiger partial charge in [-0.1, -0.05) is 12.1 Å². The Morgan fingerprint density at radius 3 is 2.55 bits per heavy atom. The highest BCUT2D eigenvalue weighted by molar-refractivity contribution is 5.64. The second kappa shape index (κ2) is 7.16. The maximum atomic E-state index is 14.3. The Hall–Kier alpha value is -1.52. The van der Waals surface area contributed by atoms with Gasteiger partial charge in [0.1, 0.15) is 5.82 Å². The molecule has 0 bridgehead atoms. The molecule has 120 valence electrons. The van der Waals surface area contributed by atoms with E-state index in [1.165, 1.54) is 0 Å². The molecular weight excluding hydrogens is 277 g/mol. The van der Waals surface area contributed by atoms with E-state index in [0.29, 0.717) is 17.6 Å². The van der Waals surface area contributed by atoms with E-state index in [1.54, 1.807) is 12.3 Å². The van der Waals surface area contributed by atoms with Gasteiger partial charge in [0.05, 0.1) is 0 Å². The molecule has 1 aliphatic rings. The van der Waals surface area contributed by atoms with Gasteiger partial charge >= 0.3 is 0 Å². The van der Waals surface area contributed by atoms with Gasteiger partial charge in [-0.2, -0.15) is 0 Å². The van der Waals surface area contributed by atoms with E-state index >= 15 is 0 Å². The Bertz CT molecular complexity index is 555. The molecule has 2 rings (SSSR count). The van der Waals surface area contributed by atoms with Crippen molar-refractivity contribution in [3.05, 3.63) is 41.3 Å². The van der Waals surface area contributed by atoms with E-state index in [1.807, 2.05) is 19.1 Å². The zero-order chi connectivity index (χ0) is 16.3. The number of aliphatic imine (C=N–C) groups is 1. The van der Waals surface area contributed by atoms with Crippen molar-refractivity contribution in [2.45, 2.75) is 39.4 Å². The maximum Gasteiger partial charge on any atom is 0.131 e. The number of likely N-dealkylation sites (N-methyl/N-ethyl adjacent to an activating group) is 1. The number of rotatable bonds is 4. The van der Waals surface area contributed by atoms with Crippen LogP contribution in [0.4, 0.5) is 4.39 Å². The standard InChI is InChI=1S/C18H26FN3/c1-13(9-20-4)17-7-6-16(8-18(17)19)12-22-10-14(2)21(5)15(3)11-22/h6-9,14-15H,4,10-12H2,1-3,5H3/b13-9+. The predicted octanol–water partition coefficient (Wildman–Crippen LogP) is 3.41. The molecule has 22 heavy (non-hydrogen) atoms. The zero-order valence-corrected chi connectivity index (χ0v) is 14.0. The number of nitrogens with zero attached hydrogens (tertiary/aromatic N) is 3. The third-order valence-corrected chi connectivity index (χ3v) is 4.58. The minimum absolute atomic E-state index is 0.190. The van der Waals surface area contributed by atoms with Crippen molar-refractivity contribution in [2.75, 3.05) is 20.1 Å². The molecule has 2 atom stereocenters. The molecule has 4 heteroatoms. The number of hydrogen-bond donors (Lipinski definition) is 0. The van der Waals surface area contributed by atoms with Crippen LogP contribution in [0.2, 0.25) is 0 Å². The zero-order valence-electron chi connectivity index (χ0n) is 14.0. The van der Waals surface area contributed by atoms with Gasteiger partial charge in [0.25, 0.3) is 0 Å². The van der Waals surface area contributed by atoms with E-state index in [2.05, 4.69) is 42.4 Å². The van der Waals surface area contributed by atoms with Crippen LogP contribution in [0.15, 0.2) is 29.4 Å². The fourth-order valence-electron chi connectivity index (χ4n) is 3.08. The summed E-state index contributed by atoms with van der Waals surface area (Å²) in [6.45, 7) is 12.6. The molecule has 3 nitrogen and oxygen atoms in total. The smallest absolute Gasteiger partial charge is 0.131 e. The van der Waals surface area contributed by atoms with E-state index < -0.39 is 0 Å². The Balaban J connectivity index is 2.10. The summed E-state index contributed by atoms with van der Waals surface area (Å²) in [7, 11) is 2.17. The van der Waals surface area contributed by atoms with Crippen molar-refractivity contribution >= 4 is 12.3 Å². The molecular formula is C18H26FN3. The topological polar surface area (TPSA) is 18.8 Å². The molecule has 1 saturated heterocycles. The van der Waals surface area contributed by atoms with E-state index in [0.717, 1.165) is 30.8 Å². The largest absolute Gasteiger partial charge is 0.298 e. The molecule has 1 heterocycles. The summed E-state index contributed by atoms with van der Waals surface area (Å²) in [5.41, 5.74) is 2.40. The lowest BCUT2D eigenvalue weighted by atomic mass is 10.0. The first-order valence-electron chi connectivity index (χ1n) is 7.78. The molecule has 1 aromatic carbocycles. The van der Waals surface area contributed by atoms with Crippen molar-refractivity contribution in [3.63, 3.8) is 0 Å². The first-order valence-corrected chi connectivity index (χ1v) is 7.78.